The van der Waals surface area contributed by atoms with Crippen LogP contribution < -0.4 is 16.2 Å². The summed E-state index contributed by atoms with van der Waals surface area (Å²) in [6.07, 6.45) is 4.46. The standard InChI is InChI=1S/C35H36N6O3/c1-39-32-26(13-23(16-30(32)44-2)35(43)41-18-22-11-12-27(41)31(22)36)38-34(39)29-15-21-10-9-20(14-28(21)40(29)17-19-7-8-19)24-5-3-4-6-25(24)33(37)42/h3-6,9-10,13-16,19,22,27,31H,7-8,11-12,17-18,36H2,1-2H3,(H2,37,42)/t22-,27-,31-/m1/s1. The van der Waals surface area contributed by atoms with Gasteiger partial charge in [0.2, 0.25) is 5.91 Å². The first kappa shape index (κ1) is 27.0. The fourth-order valence-corrected chi connectivity index (χ4v) is 7.58. The molecule has 2 aromatic heterocycles. The molecule has 4 N–H and O–H groups in total. The van der Waals surface area contributed by atoms with E-state index in [1.807, 2.05) is 48.3 Å². The number of methoxy groups -OCH3 is 1. The second-order valence-electron chi connectivity index (χ2n) is 12.7. The lowest BCUT2D eigenvalue weighted by molar-refractivity contribution is 0.0700. The van der Waals surface area contributed by atoms with Gasteiger partial charge in [0.05, 0.1) is 18.3 Å². The summed E-state index contributed by atoms with van der Waals surface area (Å²) in [5.41, 5.74) is 18.6. The van der Waals surface area contributed by atoms with E-state index < -0.39 is 5.91 Å². The highest BCUT2D eigenvalue weighted by atomic mass is 16.5. The minimum absolute atomic E-state index is 0.00771. The molecule has 0 spiro atoms. The van der Waals surface area contributed by atoms with Gasteiger partial charge in [-0.3, -0.25) is 9.59 Å². The quantitative estimate of drug-likeness (QED) is 0.279. The number of nitrogens with zero attached hydrogens (tertiary/aromatic N) is 4. The molecule has 44 heavy (non-hydrogen) atoms. The molecule has 8 rings (SSSR count). The van der Waals surface area contributed by atoms with Crippen molar-refractivity contribution in [3.05, 3.63) is 71.8 Å². The zero-order valence-electron chi connectivity index (χ0n) is 25.0. The summed E-state index contributed by atoms with van der Waals surface area (Å²) in [5, 5.41) is 1.09. The van der Waals surface area contributed by atoms with E-state index in [0.717, 1.165) is 64.0 Å². The van der Waals surface area contributed by atoms with Crippen LogP contribution in [0.25, 0.3) is 44.6 Å². The molecule has 0 radical (unpaired) electrons. The van der Waals surface area contributed by atoms with Crippen LogP contribution in [0.5, 0.6) is 5.75 Å². The number of ether oxygens (including phenoxy) is 1. The Balaban J connectivity index is 1.25. The maximum atomic E-state index is 13.7. The Morgan fingerprint density at radius 3 is 2.55 bits per heavy atom. The van der Waals surface area contributed by atoms with Crippen LogP contribution in [0, 0.1) is 11.8 Å². The number of benzene rings is 3. The third-order valence-electron chi connectivity index (χ3n) is 10.1. The number of aryl methyl sites for hydroxylation is 1. The van der Waals surface area contributed by atoms with Crippen molar-refractivity contribution < 1.29 is 14.3 Å². The molecule has 1 aliphatic heterocycles. The van der Waals surface area contributed by atoms with Crippen LogP contribution in [0.1, 0.15) is 46.4 Å². The summed E-state index contributed by atoms with van der Waals surface area (Å²) in [6, 6.07) is 19.8. The number of fused-ring (bicyclic) bond motifs is 4. The summed E-state index contributed by atoms with van der Waals surface area (Å²) in [4.78, 5) is 33.0. The van der Waals surface area contributed by atoms with Gasteiger partial charge in [-0.15, -0.1) is 0 Å². The molecule has 3 aliphatic rings. The van der Waals surface area contributed by atoms with Crippen LogP contribution in [0.15, 0.2) is 60.7 Å². The lowest BCUT2D eigenvalue weighted by atomic mass is 9.98. The molecule has 3 fully saturated rings. The number of amides is 2. The minimum Gasteiger partial charge on any atom is -0.494 e. The van der Waals surface area contributed by atoms with Crippen molar-refractivity contribution in [3.8, 4) is 28.4 Å². The first-order valence-corrected chi connectivity index (χ1v) is 15.5. The van der Waals surface area contributed by atoms with Gasteiger partial charge in [-0.2, -0.15) is 0 Å². The molecule has 224 valence electrons. The fraction of sp³-hybridized carbons (Fsp3) is 0.343. The van der Waals surface area contributed by atoms with Crippen molar-refractivity contribution in [2.75, 3.05) is 13.7 Å². The largest absolute Gasteiger partial charge is 0.494 e. The molecular formula is C35H36N6O3. The van der Waals surface area contributed by atoms with Crippen LogP contribution in [0.2, 0.25) is 0 Å². The topological polar surface area (TPSA) is 121 Å². The van der Waals surface area contributed by atoms with Gasteiger partial charge in [0, 0.05) is 54.3 Å². The Hall–Kier alpha value is -4.63. The molecule has 9 nitrogen and oxygen atoms in total. The fourth-order valence-electron chi connectivity index (χ4n) is 7.58. The average molecular weight is 589 g/mol. The lowest BCUT2D eigenvalue weighted by Crippen LogP contribution is -2.41. The number of carbonyl (C=O) groups excluding carboxylic acids is 2. The zero-order chi connectivity index (χ0) is 30.3. The molecule has 2 aliphatic carbocycles. The van der Waals surface area contributed by atoms with E-state index in [4.69, 9.17) is 21.2 Å². The summed E-state index contributed by atoms with van der Waals surface area (Å²) in [6.45, 7) is 1.59. The number of primary amides is 1. The monoisotopic (exact) mass is 588 g/mol. The number of nitrogens with two attached hydrogens (primary N) is 2. The van der Waals surface area contributed by atoms with Crippen LogP contribution in [-0.2, 0) is 13.6 Å². The summed E-state index contributed by atoms with van der Waals surface area (Å²) >= 11 is 0. The summed E-state index contributed by atoms with van der Waals surface area (Å²) in [7, 11) is 3.64. The predicted molar refractivity (Wildman–Crippen MR) is 170 cm³/mol. The Morgan fingerprint density at radius 2 is 1.84 bits per heavy atom. The van der Waals surface area contributed by atoms with Gasteiger partial charge in [-0.25, -0.2) is 4.98 Å². The Labute approximate surface area is 255 Å². The molecule has 5 aromatic rings. The molecular weight excluding hydrogens is 552 g/mol. The summed E-state index contributed by atoms with van der Waals surface area (Å²) < 4.78 is 10.3. The van der Waals surface area contributed by atoms with Crippen LogP contribution in [0.4, 0.5) is 0 Å². The van der Waals surface area contributed by atoms with Gasteiger partial charge in [0.15, 0.2) is 5.82 Å². The number of hydrogen-bond donors (Lipinski definition) is 2. The van der Waals surface area contributed by atoms with E-state index in [1.165, 1.54) is 12.8 Å². The van der Waals surface area contributed by atoms with Crippen LogP contribution >= 0.6 is 0 Å². The molecule has 2 bridgehead atoms. The second kappa shape index (κ2) is 9.95. The number of aromatic nitrogens is 3. The van der Waals surface area contributed by atoms with Gasteiger partial charge in [-0.05, 0) is 79.0 Å². The Kier molecular flexibility index (Phi) is 6.10. The zero-order valence-corrected chi connectivity index (χ0v) is 25.0. The van der Waals surface area contributed by atoms with E-state index in [1.54, 1.807) is 13.2 Å². The van der Waals surface area contributed by atoms with Crippen molar-refractivity contribution in [2.45, 2.75) is 44.3 Å². The first-order valence-electron chi connectivity index (χ1n) is 15.5. The number of imidazole rings is 1. The highest BCUT2D eigenvalue weighted by Gasteiger charge is 2.47. The maximum absolute atomic E-state index is 13.7. The Morgan fingerprint density at radius 1 is 1.02 bits per heavy atom. The van der Waals surface area contributed by atoms with Gasteiger partial charge in [-0.1, -0.05) is 30.3 Å². The summed E-state index contributed by atoms with van der Waals surface area (Å²) in [5.74, 6) is 1.97. The molecule has 3 atom stereocenters. The number of carbonyl (C=O) groups is 2. The Bertz CT molecular complexity index is 1990. The highest BCUT2D eigenvalue weighted by molar-refractivity contribution is 6.02. The first-order chi connectivity index (χ1) is 21.3. The highest BCUT2D eigenvalue weighted by Crippen LogP contribution is 2.41. The molecule has 0 unspecified atom stereocenters. The van der Waals surface area contributed by atoms with Crippen LogP contribution in [0.3, 0.4) is 0 Å². The number of likely N-dealkylation sites (tertiary alicyclic amines) is 1. The molecule has 2 saturated carbocycles. The van der Waals surface area contributed by atoms with Crippen molar-refractivity contribution in [3.63, 3.8) is 0 Å². The van der Waals surface area contributed by atoms with E-state index in [-0.39, 0.29) is 18.0 Å². The molecule has 3 aromatic carbocycles. The van der Waals surface area contributed by atoms with Crippen molar-refractivity contribution in [2.24, 2.45) is 30.4 Å². The van der Waals surface area contributed by atoms with Crippen LogP contribution in [-0.4, -0.2) is 56.6 Å². The van der Waals surface area contributed by atoms with E-state index in [2.05, 4.69) is 27.3 Å². The smallest absolute Gasteiger partial charge is 0.254 e. The SMILES string of the molecule is COc1cc(C(=O)N2C[C@H]3CC[C@@H]2[C@@H]3N)cc2nc(-c3cc4ccc(-c5ccccc5C(N)=O)cc4n3CC3CC3)n(C)c12. The minimum atomic E-state index is -0.443. The van der Waals surface area contributed by atoms with Gasteiger partial charge < -0.3 is 30.2 Å². The third-order valence-corrected chi connectivity index (χ3v) is 10.1. The molecule has 1 saturated heterocycles. The predicted octanol–water partition coefficient (Wildman–Crippen LogP) is 4.94. The number of piperidine rings is 1. The van der Waals surface area contributed by atoms with Gasteiger partial charge >= 0.3 is 0 Å². The number of hydrogen-bond acceptors (Lipinski definition) is 5. The van der Waals surface area contributed by atoms with E-state index in [0.29, 0.717) is 35.3 Å². The second-order valence-corrected chi connectivity index (χ2v) is 12.7. The maximum Gasteiger partial charge on any atom is 0.254 e. The van der Waals surface area contributed by atoms with Crippen molar-refractivity contribution in [1.82, 2.24) is 19.0 Å². The molecule has 2 amide bonds. The molecule has 3 heterocycles. The van der Waals surface area contributed by atoms with Crippen molar-refractivity contribution >= 4 is 33.8 Å². The van der Waals surface area contributed by atoms with E-state index in [9.17, 15) is 9.59 Å². The lowest BCUT2D eigenvalue weighted by Gasteiger charge is -2.27. The average Bonchev–Trinajstić information content (AvgIpc) is 3.44. The number of rotatable bonds is 7. The molecule has 9 heteroatoms. The van der Waals surface area contributed by atoms with Gasteiger partial charge in [0.25, 0.3) is 5.91 Å². The normalized spacial score (nSPS) is 21.1. The van der Waals surface area contributed by atoms with Crippen molar-refractivity contribution in [1.29, 1.82) is 0 Å². The van der Waals surface area contributed by atoms with E-state index >= 15 is 0 Å². The third kappa shape index (κ3) is 4.13. The van der Waals surface area contributed by atoms with Gasteiger partial charge in [0.1, 0.15) is 11.3 Å².